The Kier molecular flexibility index (Phi) is 6.18. The number of carbonyl (C=O) groups is 2. The molecule has 5 nitrogen and oxygen atoms in total. The van der Waals surface area contributed by atoms with Gasteiger partial charge in [-0.1, -0.05) is 44.2 Å². The van der Waals surface area contributed by atoms with Gasteiger partial charge in [-0.15, -0.1) is 0 Å². The van der Waals surface area contributed by atoms with Crippen molar-refractivity contribution >= 4 is 11.8 Å². The number of rotatable bonds is 7. The third kappa shape index (κ3) is 5.40. The van der Waals surface area contributed by atoms with Crippen molar-refractivity contribution in [3.8, 4) is 0 Å². The van der Waals surface area contributed by atoms with Crippen molar-refractivity contribution in [1.82, 2.24) is 5.32 Å². The monoisotopic (exact) mass is 278 g/mol. The van der Waals surface area contributed by atoms with Crippen LogP contribution < -0.4 is 16.8 Å². The summed E-state index contributed by atoms with van der Waals surface area (Å²) in [6.45, 7) is 3.96. The van der Waals surface area contributed by atoms with Crippen molar-refractivity contribution in [3.63, 3.8) is 0 Å². The van der Waals surface area contributed by atoms with Crippen LogP contribution in [-0.4, -0.2) is 23.9 Å². The van der Waals surface area contributed by atoms with E-state index in [2.05, 4.69) is 11.1 Å². The molecule has 20 heavy (non-hydrogen) atoms. The fourth-order valence-corrected chi connectivity index (χ4v) is 2.00. The van der Waals surface area contributed by atoms with Crippen LogP contribution >= 0.6 is 0 Å². The minimum atomic E-state index is -0.623. The van der Waals surface area contributed by atoms with Gasteiger partial charge >= 0.3 is 0 Å². The maximum atomic E-state index is 12.1. The van der Waals surface area contributed by atoms with Crippen LogP contribution in [0.4, 0.5) is 0 Å². The molecular weight excluding hydrogens is 254 g/mol. The first-order chi connectivity index (χ1) is 9.40. The minimum Gasteiger partial charge on any atom is -0.368 e. The van der Waals surface area contributed by atoms with Crippen LogP contribution in [-0.2, 0) is 16.0 Å². The Bertz CT molecular complexity index is 446. The van der Waals surface area contributed by atoms with Crippen molar-refractivity contribution in [2.45, 2.75) is 38.8 Å². The number of nitrogens with one attached hydrogen (secondary N) is 1. The van der Waals surface area contributed by atoms with Gasteiger partial charge in [0, 0.05) is 6.42 Å². The second-order valence-electron chi connectivity index (χ2n) is 5.48. The van der Waals surface area contributed by atoms with E-state index in [9.17, 15) is 9.59 Å². The van der Waals surface area contributed by atoms with Crippen LogP contribution in [0.25, 0.3) is 0 Å². The molecule has 0 unspecified atom stereocenters. The summed E-state index contributed by atoms with van der Waals surface area (Å²) in [5.74, 6) is -0.456. The molecule has 0 saturated heterocycles. The molecule has 0 aromatic heterocycles. The summed E-state index contributed by atoms with van der Waals surface area (Å²) in [6.07, 6.45) is 1.08. The standard InChI is InChI=1S/C15H23N3O2/c1-10(2)8-13(14(17)19)18-15(20)12(16)9-11-6-4-3-5-7-11/h3-7,10,12-13H,8-9,16H2,1-2H3,(H2,17,19)(H,18,20)/p+1/t12-,13+/m0/s1. The SMILES string of the molecule is CC(C)C[C@@H](NC(=O)[C@@H]([NH3+])Cc1ccccc1)C(N)=O. The summed E-state index contributed by atoms with van der Waals surface area (Å²) >= 11 is 0. The van der Waals surface area contributed by atoms with Crippen molar-refractivity contribution in [2.24, 2.45) is 11.7 Å². The molecule has 0 bridgehead atoms. The Hall–Kier alpha value is -1.88. The van der Waals surface area contributed by atoms with Crippen LogP contribution in [0.3, 0.4) is 0 Å². The second kappa shape index (κ2) is 7.65. The van der Waals surface area contributed by atoms with Gasteiger partial charge in [-0.2, -0.15) is 0 Å². The van der Waals surface area contributed by atoms with Gasteiger partial charge in [0.1, 0.15) is 6.04 Å². The zero-order valence-corrected chi connectivity index (χ0v) is 12.1. The fraction of sp³-hybridized carbons (Fsp3) is 0.467. The average molecular weight is 278 g/mol. The van der Waals surface area contributed by atoms with Crippen molar-refractivity contribution in [1.29, 1.82) is 0 Å². The third-order valence-corrected chi connectivity index (χ3v) is 3.06. The Balaban J connectivity index is 2.57. The van der Waals surface area contributed by atoms with Crippen molar-refractivity contribution < 1.29 is 15.3 Å². The van der Waals surface area contributed by atoms with Crippen LogP contribution in [0.1, 0.15) is 25.8 Å². The number of hydrogen-bond acceptors (Lipinski definition) is 2. The van der Waals surface area contributed by atoms with Gasteiger partial charge in [0.05, 0.1) is 0 Å². The summed E-state index contributed by atoms with van der Waals surface area (Å²) in [5.41, 5.74) is 10.2. The Morgan fingerprint density at radius 1 is 1.25 bits per heavy atom. The highest BCUT2D eigenvalue weighted by Gasteiger charge is 2.24. The summed E-state index contributed by atoms with van der Waals surface area (Å²) in [6, 6.07) is 8.61. The van der Waals surface area contributed by atoms with E-state index in [4.69, 9.17) is 5.73 Å². The molecule has 2 atom stereocenters. The smallest absolute Gasteiger partial charge is 0.279 e. The first-order valence-corrected chi connectivity index (χ1v) is 6.86. The van der Waals surface area contributed by atoms with Gasteiger partial charge in [0.2, 0.25) is 5.91 Å². The lowest BCUT2D eigenvalue weighted by atomic mass is 10.0. The molecule has 0 fully saturated rings. The molecule has 0 aliphatic heterocycles. The first kappa shape index (κ1) is 16.2. The van der Waals surface area contributed by atoms with Crippen molar-refractivity contribution in [3.05, 3.63) is 35.9 Å². The van der Waals surface area contributed by atoms with E-state index in [1.807, 2.05) is 44.2 Å². The van der Waals surface area contributed by atoms with E-state index in [0.29, 0.717) is 12.8 Å². The molecule has 6 N–H and O–H groups in total. The number of carbonyl (C=O) groups excluding carboxylic acids is 2. The Labute approximate surface area is 119 Å². The number of amides is 2. The maximum Gasteiger partial charge on any atom is 0.279 e. The van der Waals surface area contributed by atoms with Crippen LogP contribution in [0.15, 0.2) is 30.3 Å². The molecule has 0 radical (unpaired) electrons. The summed E-state index contributed by atoms with van der Waals surface area (Å²) in [7, 11) is 0. The van der Waals surface area contributed by atoms with E-state index in [1.54, 1.807) is 0 Å². The molecule has 0 aliphatic rings. The third-order valence-electron chi connectivity index (χ3n) is 3.06. The lowest BCUT2D eigenvalue weighted by molar-refractivity contribution is -0.403. The van der Waals surface area contributed by atoms with Gasteiger partial charge in [0.25, 0.3) is 5.91 Å². The number of benzene rings is 1. The molecule has 1 rings (SSSR count). The topological polar surface area (TPSA) is 99.8 Å². The van der Waals surface area contributed by atoms with Gasteiger partial charge in [0.15, 0.2) is 6.04 Å². The highest BCUT2D eigenvalue weighted by molar-refractivity contribution is 5.88. The van der Waals surface area contributed by atoms with Crippen LogP contribution in [0.5, 0.6) is 0 Å². The minimum absolute atomic E-state index is 0.238. The number of hydrogen-bond donors (Lipinski definition) is 3. The molecule has 1 aromatic carbocycles. The lowest BCUT2D eigenvalue weighted by Gasteiger charge is -2.18. The van der Waals surface area contributed by atoms with Gasteiger partial charge in [-0.25, -0.2) is 0 Å². The number of quaternary nitrogens is 1. The molecule has 0 saturated carbocycles. The molecule has 0 aliphatic carbocycles. The molecule has 0 heterocycles. The molecular formula is C15H24N3O2+. The largest absolute Gasteiger partial charge is 0.368 e. The van der Waals surface area contributed by atoms with Crippen molar-refractivity contribution in [2.75, 3.05) is 0 Å². The molecule has 0 spiro atoms. The molecule has 2 amide bonds. The average Bonchev–Trinajstić information content (AvgIpc) is 2.38. The number of nitrogens with two attached hydrogens (primary N) is 1. The predicted molar refractivity (Wildman–Crippen MR) is 77.4 cm³/mol. The van der Waals surface area contributed by atoms with Crippen LogP contribution in [0.2, 0.25) is 0 Å². The fourth-order valence-electron chi connectivity index (χ4n) is 2.00. The second-order valence-corrected chi connectivity index (χ2v) is 5.48. The molecule has 110 valence electrons. The summed E-state index contributed by atoms with van der Waals surface area (Å²) < 4.78 is 0. The summed E-state index contributed by atoms with van der Waals surface area (Å²) in [5, 5.41) is 2.69. The van der Waals surface area contributed by atoms with Gasteiger partial charge in [-0.05, 0) is 17.9 Å². The lowest BCUT2D eigenvalue weighted by Crippen LogP contribution is -2.69. The highest BCUT2D eigenvalue weighted by Crippen LogP contribution is 2.05. The van der Waals surface area contributed by atoms with E-state index >= 15 is 0 Å². The van der Waals surface area contributed by atoms with E-state index < -0.39 is 18.0 Å². The zero-order chi connectivity index (χ0) is 15.1. The quantitative estimate of drug-likeness (QED) is 0.646. The zero-order valence-electron chi connectivity index (χ0n) is 12.1. The van der Waals surface area contributed by atoms with Gasteiger partial charge < -0.3 is 16.8 Å². The predicted octanol–water partition coefficient (Wildman–Crippen LogP) is -0.144. The molecule has 1 aromatic rings. The van der Waals surface area contributed by atoms with E-state index in [1.165, 1.54) is 0 Å². The Morgan fingerprint density at radius 2 is 1.85 bits per heavy atom. The highest BCUT2D eigenvalue weighted by atomic mass is 16.2. The summed E-state index contributed by atoms with van der Waals surface area (Å²) in [4.78, 5) is 23.4. The Morgan fingerprint density at radius 3 is 2.35 bits per heavy atom. The maximum absolute atomic E-state index is 12.1. The van der Waals surface area contributed by atoms with E-state index in [-0.39, 0.29) is 11.8 Å². The van der Waals surface area contributed by atoms with Crippen LogP contribution in [0, 0.1) is 5.92 Å². The number of primary amides is 1. The molecule has 5 heteroatoms. The first-order valence-electron chi connectivity index (χ1n) is 6.86. The normalized spacial score (nSPS) is 13.8. The van der Waals surface area contributed by atoms with E-state index in [0.717, 1.165) is 5.56 Å². The van der Waals surface area contributed by atoms with Gasteiger partial charge in [-0.3, -0.25) is 9.59 Å².